The van der Waals surface area contributed by atoms with Gasteiger partial charge in [-0.25, -0.2) is 0 Å². The number of halogens is 1. The van der Waals surface area contributed by atoms with Crippen LogP contribution in [0.3, 0.4) is 0 Å². The van der Waals surface area contributed by atoms with Gasteiger partial charge in [-0.05, 0) is 56.5 Å². The predicted octanol–water partition coefficient (Wildman–Crippen LogP) is 4.38. The number of ether oxygens (including phenoxy) is 1. The SMILES string of the molecule is CC(C)Oc1ccc(Cl)cc1C(=O)NCC1CCN(c2ccccc2)C1. The number of amides is 1. The van der Waals surface area contributed by atoms with E-state index in [1.807, 2.05) is 19.9 Å². The second kappa shape index (κ2) is 8.45. The molecule has 1 aliphatic heterocycles. The van der Waals surface area contributed by atoms with E-state index >= 15 is 0 Å². The molecule has 138 valence electrons. The molecule has 5 heteroatoms. The highest BCUT2D eigenvalue weighted by molar-refractivity contribution is 6.31. The van der Waals surface area contributed by atoms with Crippen LogP contribution in [0.15, 0.2) is 48.5 Å². The molecule has 1 atom stereocenters. The van der Waals surface area contributed by atoms with Crippen LogP contribution in [0.5, 0.6) is 5.75 Å². The van der Waals surface area contributed by atoms with Crippen molar-refractivity contribution in [2.24, 2.45) is 5.92 Å². The Balaban J connectivity index is 1.59. The second-order valence-electron chi connectivity index (χ2n) is 6.95. The minimum atomic E-state index is -0.138. The summed E-state index contributed by atoms with van der Waals surface area (Å²) in [6.07, 6.45) is 1.07. The zero-order valence-corrected chi connectivity index (χ0v) is 16.0. The van der Waals surface area contributed by atoms with Gasteiger partial charge in [0, 0.05) is 30.3 Å². The number of carbonyl (C=O) groups is 1. The largest absolute Gasteiger partial charge is 0.490 e. The first-order valence-corrected chi connectivity index (χ1v) is 9.45. The molecule has 1 N–H and O–H groups in total. The maximum absolute atomic E-state index is 12.6. The summed E-state index contributed by atoms with van der Waals surface area (Å²) in [7, 11) is 0. The van der Waals surface area contributed by atoms with E-state index in [1.165, 1.54) is 5.69 Å². The maximum Gasteiger partial charge on any atom is 0.255 e. The summed E-state index contributed by atoms with van der Waals surface area (Å²) >= 11 is 6.07. The highest BCUT2D eigenvalue weighted by Crippen LogP contribution is 2.25. The summed E-state index contributed by atoms with van der Waals surface area (Å²) in [6, 6.07) is 15.6. The Morgan fingerprint density at radius 1 is 1.27 bits per heavy atom. The number of anilines is 1. The molecule has 3 rings (SSSR count). The Morgan fingerprint density at radius 3 is 2.77 bits per heavy atom. The lowest BCUT2D eigenvalue weighted by Crippen LogP contribution is -2.31. The number of rotatable bonds is 6. The molecule has 0 saturated carbocycles. The number of hydrogen-bond donors (Lipinski definition) is 1. The summed E-state index contributed by atoms with van der Waals surface area (Å²) < 4.78 is 5.74. The van der Waals surface area contributed by atoms with Crippen molar-refractivity contribution in [1.29, 1.82) is 0 Å². The zero-order valence-electron chi connectivity index (χ0n) is 15.2. The van der Waals surface area contributed by atoms with Gasteiger partial charge < -0.3 is 15.0 Å². The fraction of sp³-hybridized carbons (Fsp3) is 0.381. The quantitative estimate of drug-likeness (QED) is 0.817. The molecule has 0 aliphatic carbocycles. The van der Waals surface area contributed by atoms with E-state index in [9.17, 15) is 4.79 Å². The van der Waals surface area contributed by atoms with Gasteiger partial charge in [0.2, 0.25) is 0 Å². The van der Waals surface area contributed by atoms with Gasteiger partial charge >= 0.3 is 0 Å². The molecular weight excluding hydrogens is 348 g/mol. The van der Waals surface area contributed by atoms with Crippen LogP contribution in [-0.4, -0.2) is 31.6 Å². The van der Waals surface area contributed by atoms with Gasteiger partial charge in [-0.15, -0.1) is 0 Å². The first kappa shape index (κ1) is 18.6. The van der Waals surface area contributed by atoms with Crippen molar-refractivity contribution >= 4 is 23.2 Å². The fourth-order valence-corrected chi connectivity index (χ4v) is 3.41. The highest BCUT2D eigenvalue weighted by atomic mass is 35.5. The molecule has 26 heavy (non-hydrogen) atoms. The molecule has 1 heterocycles. The van der Waals surface area contributed by atoms with E-state index in [2.05, 4.69) is 34.5 Å². The smallest absolute Gasteiger partial charge is 0.255 e. The van der Waals surface area contributed by atoms with E-state index in [1.54, 1.807) is 18.2 Å². The van der Waals surface area contributed by atoms with E-state index < -0.39 is 0 Å². The van der Waals surface area contributed by atoms with Gasteiger partial charge in [-0.2, -0.15) is 0 Å². The Bertz CT molecular complexity index is 749. The van der Waals surface area contributed by atoms with Crippen molar-refractivity contribution in [2.75, 3.05) is 24.5 Å². The van der Waals surface area contributed by atoms with Crippen molar-refractivity contribution in [3.8, 4) is 5.75 Å². The van der Waals surface area contributed by atoms with Gasteiger partial charge in [0.25, 0.3) is 5.91 Å². The lowest BCUT2D eigenvalue weighted by Gasteiger charge is -2.19. The van der Waals surface area contributed by atoms with Gasteiger partial charge in [-0.3, -0.25) is 4.79 Å². The van der Waals surface area contributed by atoms with E-state index in [0.29, 0.717) is 28.8 Å². The summed E-state index contributed by atoms with van der Waals surface area (Å²) in [5.74, 6) is 0.869. The molecule has 2 aromatic rings. The molecule has 0 bridgehead atoms. The predicted molar refractivity (Wildman–Crippen MR) is 106 cm³/mol. The van der Waals surface area contributed by atoms with Crippen LogP contribution >= 0.6 is 11.6 Å². The molecule has 1 fully saturated rings. The molecule has 1 amide bonds. The normalized spacial score (nSPS) is 16.8. The van der Waals surface area contributed by atoms with Crippen LogP contribution in [0, 0.1) is 5.92 Å². The van der Waals surface area contributed by atoms with Gasteiger partial charge in [0.1, 0.15) is 5.75 Å². The summed E-state index contributed by atoms with van der Waals surface area (Å²) in [5, 5.41) is 3.58. The summed E-state index contributed by atoms with van der Waals surface area (Å²) in [5.41, 5.74) is 1.73. The van der Waals surface area contributed by atoms with Crippen molar-refractivity contribution in [1.82, 2.24) is 5.32 Å². The number of nitrogens with zero attached hydrogens (tertiary/aromatic N) is 1. The van der Waals surface area contributed by atoms with Gasteiger partial charge in [-0.1, -0.05) is 29.8 Å². The number of nitrogens with one attached hydrogen (secondary N) is 1. The summed E-state index contributed by atoms with van der Waals surface area (Å²) in [4.78, 5) is 15.0. The number of hydrogen-bond acceptors (Lipinski definition) is 3. The number of benzene rings is 2. The Labute approximate surface area is 160 Å². The van der Waals surface area contributed by atoms with Gasteiger partial charge in [0.05, 0.1) is 11.7 Å². The molecule has 1 aliphatic rings. The lowest BCUT2D eigenvalue weighted by atomic mass is 10.1. The number of carbonyl (C=O) groups excluding carboxylic acids is 1. The Kier molecular flexibility index (Phi) is 6.04. The first-order valence-electron chi connectivity index (χ1n) is 9.07. The molecule has 1 unspecified atom stereocenters. The minimum Gasteiger partial charge on any atom is -0.490 e. The molecule has 4 nitrogen and oxygen atoms in total. The highest BCUT2D eigenvalue weighted by Gasteiger charge is 2.24. The number of para-hydroxylation sites is 1. The van der Waals surface area contributed by atoms with Crippen LogP contribution in [-0.2, 0) is 0 Å². The average molecular weight is 373 g/mol. The monoisotopic (exact) mass is 372 g/mol. The fourth-order valence-electron chi connectivity index (χ4n) is 3.24. The minimum absolute atomic E-state index is 0.00279. The third kappa shape index (κ3) is 4.70. The average Bonchev–Trinajstić information content (AvgIpc) is 3.10. The molecular formula is C21H25ClN2O2. The van der Waals surface area contributed by atoms with Crippen molar-refractivity contribution < 1.29 is 9.53 Å². The van der Waals surface area contributed by atoms with Crippen LogP contribution in [0.25, 0.3) is 0 Å². The molecule has 0 radical (unpaired) electrons. The second-order valence-corrected chi connectivity index (χ2v) is 7.39. The van der Waals surface area contributed by atoms with E-state index in [0.717, 1.165) is 19.5 Å². The lowest BCUT2D eigenvalue weighted by molar-refractivity contribution is 0.0942. The van der Waals surface area contributed by atoms with Crippen LogP contribution in [0.4, 0.5) is 5.69 Å². The van der Waals surface area contributed by atoms with Crippen LogP contribution in [0.1, 0.15) is 30.6 Å². The topological polar surface area (TPSA) is 41.6 Å². The Hall–Kier alpha value is -2.20. The van der Waals surface area contributed by atoms with Crippen LogP contribution in [0.2, 0.25) is 5.02 Å². The third-order valence-electron chi connectivity index (χ3n) is 4.51. The van der Waals surface area contributed by atoms with E-state index in [4.69, 9.17) is 16.3 Å². The molecule has 2 aromatic carbocycles. The van der Waals surface area contributed by atoms with Gasteiger partial charge in [0.15, 0.2) is 0 Å². The standard InChI is InChI=1S/C21H25ClN2O2/c1-15(2)26-20-9-8-17(22)12-19(20)21(25)23-13-16-10-11-24(14-16)18-6-4-3-5-7-18/h3-9,12,15-16H,10-11,13-14H2,1-2H3,(H,23,25). The third-order valence-corrected chi connectivity index (χ3v) is 4.74. The molecule has 1 saturated heterocycles. The van der Waals surface area contributed by atoms with Crippen molar-refractivity contribution in [3.63, 3.8) is 0 Å². The maximum atomic E-state index is 12.6. The Morgan fingerprint density at radius 2 is 2.04 bits per heavy atom. The van der Waals surface area contributed by atoms with Crippen molar-refractivity contribution in [2.45, 2.75) is 26.4 Å². The van der Waals surface area contributed by atoms with Crippen LogP contribution < -0.4 is 15.0 Å². The first-order chi connectivity index (χ1) is 12.5. The van der Waals surface area contributed by atoms with Crippen molar-refractivity contribution in [3.05, 3.63) is 59.1 Å². The zero-order chi connectivity index (χ0) is 18.5. The molecule has 0 aromatic heterocycles. The summed E-state index contributed by atoms with van der Waals surface area (Å²) in [6.45, 7) is 6.49. The molecule has 0 spiro atoms. The van der Waals surface area contributed by atoms with E-state index in [-0.39, 0.29) is 12.0 Å².